The van der Waals surface area contributed by atoms with Gasteiger partial charge in [-0.25, -0.2) is 0 Å². The Bertz CT molecular complexity index is 439. The smallest absolute Gasteiger partial charge is 0.175 e. The molecule has 0 spiro atoms. The van der Waals surface area contributed by atoms with Crippen LogP contribution in [0.4, 0.5) is 0 Å². The summed E-state index contributed by atoms with van der Waals surface area (Å²) >= 11 is 3.55. The number of hydrogen-bond acceptors (Lipinski definition) is 4. The minimum Gasteiger partial charge on any atom is -0.490 e. The second-order valence-electron chi connectivity index (χ2n) is 4.95. The average molecular weight is 344 g/mol. The molecule has 1 aliphatic heterocycles. The second-order valence-corrected chi connectivity index (χ2v) is 5.81. The highest BCUT2D eigenvalue weighted by molar-refractivity contribution is 9.10. The molecule has 1 heterocycles. The van der Waals surface area contributed by atoms with Gasteiger partial charge in [0.1, 0.15) is 0 Å². The molecule has 1 atom stereocenters. The van der Waals surface area contributed by atoms with E-state index in [9.17, 15) is 0 Å². The van der Waals surface area contributed by atoms with Crippen LogP contribution in [-0.2, 0) is 6.54 Å². The van der Waals surface area contributed by atoms with E-state index in [-0.39, 0.29) is 6.61 Å². The van der Waals surface area contributed by atoms with E-state index in [2.05, 4.69) is 34.2 Å². The van der Waals surface area contributed by atoms with Crippen LogP contribution in [0.5, 0.6) is 11.5 Å². The molecule has 1 aliphatic rings. The maximum atomic E-state index is 9.01. The lowest BCUT2D eigenvalue weighted by molar-refractivity contribution is 0.262. The highest BCUT2D eigenvalue weighted by atomic mass is 79.9. The Labute approximate surface area is 128 Å². The van der Waals surface area contributed by atoms with Crippen molar-refractivity contribution >= 4 is 15.9 Å². The first kappa shape index (κ1) is 15.6. The molecule has 0 radical (unpaired) electrons. The van der Waals surface area contributed by atoms with Gasteiger partial charge in [-0.1, -0.05) is 6.92 Å². The minimum absolute atomic E-state index is 0.219. The number of aliphatic hydroxyl groups excluding tert-OH is 1. The van der Waals surface area contributed by atoms with Crippen molar-refractivity contribution in [1.82, 2.24) is 5.32 Å². The van der Waals surface area contributed by atoms with E-state index in [1.807, 2.05) is 6.07 Å². The fourth-order valence-electron chi connectivity index (χ4n) is 2.25. The molecular weight excluding hydrogens is 322 g/mol. The van der Waals surface area contributed by atoms with Crippen LogP contribution < -0.4 is 14.8 Å². The zero-order chi connectivity index (χ0) is 14.4. The van der Waals surface area contributed by atoms with Gasteiger partial charge in [-0.15, -0.1) is 0 Å². The number of nitrogens with one attached hydrogen (secondary N) is 1. The Balaban J connectivity index is 2.05. The van der Waals surface area contributed by atoms with Crippen molar-refractivity contribution in [2.24, 2.45) is 0 Å². The van der Waals surface area contributed by atoms with Gasteiger partial charge in [0.2, 0.25) is 0 Å². The van der Waals surface area contributed by atoms with E-state index in [1.54, 1.807) is 0 Å². The summed E-state index contributed by atoms with van der Waals surface area (Å²) in [6.45, 7) is 4.48. The summed E-state index contributed by atoms with van der Waals surface area (Å²) in [5.41, 5.74) is 1.15. The molecule has 0 aliphatic carbocycles. The summed E-state index contributed by atoms with van der Waals surface area (Å²) < 4.78 is 12.4. The van der Waals surface area contributed by atoms with E-state index >= 15 is 0 Å². The summed E-state index contributed by atoms with van der Waals surface area (Å²) in [7, 11) is 0. The van der Waals surface area contributed by atoms with Crippen LogP contribution in [-0.4, -0.2) is 31.0 Å². The first-order valence-electron chi connectivity index (χ1n) is 7.16. The Hall–Kier alpha value is -0.780. The lowest BCUT2D eigenvalue weighted by Gasteiger charge is -2.17. The molecule has 5 heteroatoms. The second kappa shape index (κ2) is 7.86. The zero-order valence-electron chi connectivity index (χ0n) is 11.8. The fourth-order valence-corrected chi connectivity index (χ4v) is 2.86. The molecule has 0 fully saturated rings. The van der Waals surface area contributed by atoms with Crippen LogP contribution in [0.2, 0.25) is 0 Å². The number of halogens is 1. The van der Waals surface area contributed by atoms with Gasteiger partial charge in [0.15, 0.2) is 11.5 Å². The van der Waals surface area contributed by atoms with Crippen molar-refractivity contribution in [1.29, 1.82) is 0 Å². The predicted octanol–water partition coefficient (Wildman–Crippen LogP) is 2.86. The van der Waals surface area contributed by atoms with Gasteiger partial charge in [-0.2, -0.15) is 0 Å². The van der Waals surface area contributed by atoms with Crippen LogP contribution in [0, 0.1) is 0 Å². The van der Waals surface area contributed by atoms with Crippen molar-refractivity contribution in [2.75, 3.05) is 19.8 Å². The minimum atomic E-state index is 0.219. The van der Waals surface area contributed by atoms with Crippen molar-refractivity contribution < 1.29 is 14.6 Å². The first-order chi connectivity index (χ1) is 9.74. The quantitative estimate of drug-likeness (QED) is 0.833. The molecule has 0 saturated heterocycles. The summed E-state index contributed by atoms with van der Waals surface area (Å²) in [5, 5.41) is 12.5. The summed E-state index contributed by atoms with van der Waals surface area (Å²) in [6.07, 6.45) is 2.69. The molecule has 20 heavy (non-hydrogen) atoms. The Morgan fingerprint density at radius 1 is 1.35 bits per heavy atom. The van der Waals surface area contributed by atoms with Crippen molar-refractivity contribution in [2.45, 2.75) is 38.8 Å². The van der Waals surface area contributed by atoms with Gasteiger partial charge in [-0.3, -0.25) is 0 Å². The maximum Gasteiger partial charge on any atom is 0.175 e. The maximum absolute atomic E-state index is 9.01. The molecule has 2 N–H and O–H groups in total. The van der Waals surface area contributed by atoms with Crippen LogP contribution in [0.3, 0.4) is 0 Å². The average Bonchev–Trinajstić information content (AvgIpc) is 2.69. The molecular formula is C15H22BrNO3. The highest BCUT2D eigenvalue weighted by Crippen LogP contribution is 2.38. The molecule has 0 aromatic heterocycles. The summed E-state index contributed by atoms with van der Waals surface area (Å²) in [6, 6.07) is 4.44. The first-order valence-corrected chi connectivity index (χ1v) is 7.96. The Kier molecular flexibility index (Phi) is 6.13. The lowest BCUT2D eigenvalue weighted by atomic mass is 10.1. The van der Waals surface area contributed by atoms with Gasteiger partial charge in [-0.05, 0) is 46.5 Å². The number of aliphatic hydroxyl groups is 1. The van der Waals surface area contributed by atoms with Crippen LogP contribution >= 0.6 is 15.9 Å². The van der Waals surface area contributed by atoms with Gasteiger partial charge in [0.05, 0.1) is 17.7 Å². The molecule has 0 saturated carbocycles. The van der Waals surface area contributed by atoms with Crippen molar-refractivity contribution in [3.8, 4) is 11.5 Å². The molecule has 0 bridgehead atoms. The number of hydrogen-bond donors (Lipinski definition) is 2. The molecule has 1 aromatic carbocycles. The molecule has 1 aromatic rings. The topological polar surface area (TPSA) is 50.7 Å². The van der Waals surface area contributed by atoms with Gasteiger partial charge >= 0.3 is 0 Å². The van der Waals surface area contributed by atoms with Crippen molar-refractivity contribution in [3.63, 3.8) is 0 Å². The number of rotatable bonds is 6. The van der Waals surface area contributed by atoms with Gasteiger partial charge < -0.3 is 19.9 Å². The Morgan fingerprint density at radius 3 is 2.90 bits per heavy atom. The molecule has 4 nitrogen and oxygen atoms in total. The van der Waals surface area contributed by atoms with Gasteiger partial charge in [0.25, 0.3) is 0 Å². The monoisotopic (exact) mass is 343 g/mol. The van der Waals surface area contributed by atoms with E-state index in [0.29, 0.717) is 19.3 Å². The third-order valence-corrected chi connectivity index (χ3v) is 4.02. The molecule has 1 unspecified atom stereocenters. The van der Waals surface area contributed by atoms with E-state index in [4.69, 9.17) is 14.6 Å². The van der Waals surface area contributed by atoms with Crippen molar-refractivity contribution in [3.05, 3.63) is 22.2 Å². The largest absolute Gasteiger partial charge is 0.490 e. The number of ether oxygens (including phenoxy) is 2. The summed E-state index contributed by atoms with van der Waals surface area (Å²) in [5.74, 6) is 1.61. The fraction of sp³-hybridized carbons (Fsp3) is 0.600. The predicted molar refractivity (Wildman–Crippen MR) is 82.4 cm³/mol. The van der Waals surface area contributed by atoms with E-state index < -0.39 is 0 Å². The van der Waals surface area contributed by atoms with Crippen LogP contribution in [0.1, 0.15) is 31.7 Å². The molecule has 112 valence electrons. The van der Waals surface area contributed by atoms with Gasteiger partial charge in [0, 0.05) is 25.6 Å². The third-order valence-electron chi connectivity index (χ3n) is 3.43. The van der Waals surface area contributed by atoms with Crippen LogP contribution in [0.15, 0.2) is 16.6 Å². The van der Waals surface area contributed by atoms with E-state index in [1.165, 1.54) is 0 Å². The van der Waals surface area contributed by atoms with Crippen LogP contribution in [0.25, 0.3) is 0 Å². The number of benzene rings is 1. The molecule has 0 amide bonds. The van der Waals surface area contributed by atoms with E-state index in [0.717, 1.165) is 47.3 Å². The normalized spacial score (nSPS) is 15.8. The molecule has 2 rings (SSSR count). The summed E-state index contributed by atoms with van der Waals surface area (Å²) in [4.78, 5) is 0. The number of fused-ring (bicyclic) bond motifs is 1. The Morgan fingerprint density at radius 2 is 2.15 bits per heavy atom. The SMILES string of the molecule is CCC(CCO)NCc1cc(Br)c2c(c1)OCCCO2. The zero-order valence-corrected chi connectivity index (χ0v) is 13.4. The standard InChI is InChI=1S/C15H22BrNO3/c1-2-12(4-5-18)17-10-11-8-13(16)15-14(9-11)19-6-3-7-20-15/h8-9,12,17-18H,2-7,10H2,1H3. The lowest BCUT2D eigenvalue weighted by Crippen LogP contribution is -2.28. The highest BCUT2D eigenvalue weighted by Gasteiger charge is 2.15. The third kappa shape index (κ3) is 4.11.